The van der Waals surface area contributed by atoms with Crippen molar-refractivity contribution in [1.82, 2.24) is 20.1 Å². The Balaban J connectivity index is 1.65. The number of aryl methyl sites for hydroxylation is 1. The van der Waals surface area contributed by atoms with Gasteiger partial charge >= 0.3 is 0 Å². The molecule has 2 aliphatic heterocycles. The molecular weight excluding hydrogens is 228 g/mol. The number of piperidine rings is 1. The molecule has 2 aliphatic rings. The Labute approximate surface area is 108 Å². The summed E-state index contributed by atoms with van der Waals surface area (Å²) in [5.74, 6) is 2.44. The van der Waals surface area contributed by atoms with E-state index in [0.717, 1.165) is 44.0 Å². The topological polar surface area (TPSA) is 63.0 Å². The number of nitrogens with one attached hydrogen (secondary N) is 1. The molecule has 2 unspecified atom stereocenters. The van der Waals surface area contributed by atoms with Gasteiger partial charge in [-0.05, 0) is 25.8 Å². The van der Waals surface area contributed by atoms with Crippen molar-refractivity contribution in [3.8, 4) is 0 Å². The Morgan fingerprint density at radius 2 is 2.28 bits per heavy atom. The van der Waals surface area contributed by atoms with Crippen molar-refractivity contribution in [2.24, 2.45) is 5.92 Å². The molecule has 0 spiro atoms. The van der Waals surface area contributed by atoms with Crippen LogP contribution in [0.1, 0.15) is 37.3 Å². The molecule has 1 fully saturated rings. The zero-order valence-corrected chi connectivity index (χ0v) is 10.8. The summed E-state index contributed by atoms with van der Waals surface area (Å²) >= 11 is 0. The molecule has 2 atom stereocenters. The molecule has 1 aromatic rings. The number of fused-ring (bicyclic) bond motifs is 1. The molecule has 1 saturated heterocycles. The van der Waals surface area contributed by atoms with Crippen LogP contribution < -0.4 is 5.32 Å². The monoisotopic (exact) mass is 250 g/mol. The van der Waals surface area contributed by atoms with Crippen molar-refractivity contribution in [2.75, 3.05) is 13.2 Å². The smallest absolute Gasteiger partial charge is 0.152 e. The summed E-state index contributed by atoms with van der Waals surface area (Å²) in [5.41, 5.74) is 0. The number of aromatic nitrogens is 3. The molecule has 3 heterocycles. The number of hydrogen-bond donors (Lipinski definition) is 2. The summed E-state index contributed by atoms with van der Waals surface area (Å²) in [6.45, 7) is 2.22. The Morgan fingerprint density at radius 3 is 3.06 bits per heavy atom. The van der Waals surface area contributed by atoms with Gasteiger partial charge in [0.05, 0.1) is 0 Å². The van der Waals surface area contributed by atoms with Gasteiger partial charge < -0.3 is 10.4 Å². The minimum absolute atomic E-state index is 0.263. The van der Waals surface area contributed by atoms with Gasteiger partial charge in [-0.1, -0.05) is 6.42 Å². The number of nitrogens with zero attached hydrogens (tertiary/aromatic N) is 3. The van der Waals surface area contributed by atoms with Gasteiger partial charge in [-0.15, -0.1) is 0 Å². The molecule has 0 aliphatic carbocycles. The quantitative estimate of drug-likeness (QED) is 0.821. The summed E-state index contributed by atoms with van der Waals surface area (Å²) in [6.07, 6.45) is 6.79. The van der Waals surface area contributed by atoms with Crippen LogP contribution in [0.25, 0.3) is 0 Å². The van der Waals surface area contributed by atoms with Crippen molar-refractivity contribution in [1.29, 1.82) is 0 Å². The molecule has 18 heavy (non-hydrogen) atoms. The first-order chi connectivity index (χ1) is 8.85. The summed E-state index contributed by atoms with van der Waals surface area (Å²) in [5, 5.41) is 17.3. The molecule has 2 N–H and O–H groups in total. The third-order valence-corrected chi connectivity index (χ3v) is 4.10. The molecule has 0 amide bonds. The average Bonchev–Trinajstić information content (AvgIpc) is 2.80. The van der Waals surface area contributed by atoms with E-state index in [4.69, 9.17) is 0 Å². The van der Waals surface area contributed by atoms with Crippen molar-refractivity contribution < 1.29 is 5.11 Å². The molecule has 0 bridgehead atoms. The molecule has 0 saturated carbocycles. The predicted molar refractivity (Wildman–Crippen MR) is 68.3 cm³/mol. The lowest BCUT2D eigenvalue weighted by Crippen LogP contribution is -2.35. The highest BCUT2D eigenvalue weighted by Crippen LogP contribution is 2.19. The van der Waals surface area contributed by atoms with E-state index in [1.54, 1.807) is 0 Å². The Bertz CT molecular complexity index is 398. The molecule has 3 rings (SSSR count). The maximum atomic E-state index is 9.21. The zero-order chi connectivity index (χ0) is 12.4. The van der Waals surface area contributed by atoms with Gasteiger partial charge in [-0.3, -0.25) is 0 Å². The fourth-order valence-electron chi connectivity index (χ4n) is 2.98. The lowest BCUT2D eigenvalue weighted by atomic mass is 10.0. The molecule has 5 heteroatoms. The van der Waals surface area contributed by atoms with Gasteiger partial charge in [-0.25, -0.2) is 9.67 Å². The minimum Gasteiger partial charge on any atom is -0.396 e. The van der Waals surface area contributed by atoms with Crippen LogP contribution in [0.2, 0.25) is 0 Å². The predicted octanol–water partition coefficient (Wildman–Crippen LogP) is 0.517. The first-order valence-electron chi connectivity index (χ1n) is 7.12. The second-order valence-electron chi connectivity index (χ2n) is 5.56. The van der Waals surface area contributed by atoms with E-state index in [2.05, 4.69) is 15.4 Å². The summed E-state index contributed by atoms with van der Waals surface area (Å²) in [7, 11) is 0. The summed E-state index contributed by atoms with van der Waals surface area (Å²) < 4.78 is 2.00. The molecule has 5 nitrogen and oxygen atoms in total. The lowest BCUT2D eigenvalue weighted by Gasteiger charge is -2.22. The first kappa shape index (κ1) is 12.1. The number of aliphatic hydroxyl groups excluding tert-OH is 1. The first-order valence-corrected chi connectivity index (χ1v) is 7.12. The zero-order valence-electron chi connectivity index (χ0n) is 10.8. The second kappa shape index (κ2) is 5.36. The maximum Gasteiger partial charge on any atom is 0.152 e. The van der Waals surface area contributed by atoms with Crippen LogP contribution in [0.15, 0.2) is 0 Å². The van der Waals surface area contributed by atoms with Gasteiger partial charge in [0.2, 0.25) is 0 Å². The van der Waals surface area contributed by atoms with Crippen molar-refractivity contribution in [3.63, 3.8) is 0 Å². The standard InChI is InChI=1S/C13H22N4O/c18-9-10-4-5-13-15-12(16-17(13)8-10)7-11-3-1-2-6-14-11/h10-11,14,18H,1-9H2. The highest BCUT2D eigenvalue weighted by atomic mass is 16.3. The Hall–Kier alpha value is -0.940. The van der Waals surface area contributed by atoms with Gasteiger partial charge in [0.15, 0.2) is 5.82 Å². The Morgan fingerprint density at radius 1 is 1.33 bits per heavy atom. The van der Waals surface area contributed by atoms with E-state index < -0.39 is 0 Å². The van der Waals surface area contributed by atoms with Crippen LogP contribution in [-0.2, 0) is 19.4 Å². The van der Waals surface area contributed by atoms with Crippen LogP contribution >= 0.6 is 0 Å². The largest absolute Gasteiger partial charge is 0.396 e. The third kappa shape index (κ3) is 2.57. The molecular formula is C13H22N4O. The molecule has 0 radical (unpaired) electrons. The summed E-state index contributed by atoms with van der Waals surface area (Å²) in [6, 6.07) is 0.553. The third-order valence-electron chi connectivity index (χ3n) is 4.10. The Kier molecular flexibility index (Phi) is 3.61. The van der Waals surface area contributed by atoms with Crippen LogP contribution in [0.4, 0.5) is 0 Å². The van der Waals surface area contributed by atoms with E-state index in [0.29, 0.717) is 12.0 Å². The molecule has 1 aromatic heterocycles. The fraction of sp³-hybridized carbons (Fsp3) is 0.846. The van der Waals surface area contributed by atoms with Crippen LogP contribution in [0.5, 0.6) is 0 Å². The van der Waals surface area contributed by atoms with Gasteiger partial charge in [0.1, 0.15) is 5.82 Å². The van der Waals surface area contributed by atoms with Crippen molar-refractivity contribution in [2.45, 2.75) is 51.1 Å². The van der Waals surface area contributed by atoms with Crippen molar-refractivity contribution >= 4 is 0 Å². The van der Waals surface area contributed by atoms with Crippen LogP contribution in [0, 0.1) is 5.92 Å². The number of hydrogen-bond acceptors (Lipinski definition) is 4. The highest BCUT2D eigenvalue weighted by molar-refractivity contribution is 4.99. The maximum absolute atomic E-state index is 9.21. The van der Waals surface area contributed by atoms with Gasteiger partial charge in [0, 0.05) is 38.0 Å². The lowest BCUT2D eigenvalue weighted by molar-refractivity contribution is 0.185. The minimum atomic E-state index is 0.263. The van der Waals surface area contributed by atoms with E-state index in [1.165, 1.54) is 19.3 Å². The molecule has 100 valence electrons. The molecule has 0 aromatic carbocycles. The van der Waals surface area contributed by atoms with Crippen LogP contribution in [0.3, 0.4) is 0 Å². The normalized spacial score (nSPS) is 28.1. The SMILES string of the molecule is OCC1CCc2nc(CC3CCCCN3)nn2C1. The van der Waals surface area contributed by atoms with Crippen LogP contribution in [-0.4, -0.2) is 39.1 Å². The fourth-order valence-corrected chi connectivity index (χ4v) is 2.98. The van der Waals surface area contributed by atoms with Gasteiger partial charge in [0.25, 0.3) is 0 Å². The van der Waals surface area contributed by atoms with E-state index in [1.807, 2.05) is 4.68 Å². The number of rotatable bonds is 3. The summed E-state index contributed by atoms with van der Waals surface area (Å²) in [4.78, 5) is 4.64. The van der Waals surface area contributed by atoms with E-state index in [9.17, 15) is 5.11 Å². The highest BCUT2D eigenvalue weighted by Gasteiger charge is 2.22. The van der Waals surface area contributed by atoms with Crippen molar-refractivity contribution in [3.05, 3.63) is 11.6 Å². The second-order valence-corrected chi connectivity index (χ2v) is 5.56. The number of aliphatic hydroxyl groups is 1. The van der Waals surface area contributed by atoms with Gasteiger partial charge in [-0.2, -0.15) is 5.10 Å². The van der Waals surface area contributed by atoms with E-state index in [-0.39, 0.29) is 6.61 Å². The van der Waals surface area contributed by atoms with E-state index >= 15 is 0 Å². The average molecular weight is 250 g/mol.